The van der Waals surface area contributed by atoms with Crippen LogP contribution in [0.3, 0.4) is 0 Å². The van der Waals surface area contributed by atoms with Gasteiger partial charge in [0.2, 0.25) is 0 Å². The van der Waals surface area contributed by atoms with Crippen molar-refractivity contribution in [2.24, 2.45) is 11.8 Å². The molecule has 0 aromatic rings. The van der Waals surface area contributed by atoms with Crippen molar-refractivity contribution >= 4 is 0 Å². The summed E-state index contributed by atoms with van der Waals surface area (Å²) in [4.78, 5) is 0. The summed E-state index contributed by atoms with van der Waals surface area (Å²) in [6.45, 7) is 15.3. The van der Waals surface area contributed by atoms with Gasteiger partial charge in [-0.05, 0) is 43.1 Å². The van der Waals surface area contributed by atoms with Crippen LogP contribution in [-0.2, 0) is 9.47 Å². The highest BCUT2D eigenvalue weighted by Crippen LogP contribution is 2.22. The van der Waals surface area contributed by atoms with Crippen LogP contribution in [0.25, 0.3) is 0 Å². The zero-order chi connectivity index (χ0) is 26.7. The molecule has 0 saturated carbocycles. The Morgan fingerprint density at radius 3 is 1.33 bits per heavy atom. The second kappa shape index (κ2) is 27.7. The second-order valence-corrected chi connectivity index (χ2v) is 11.6. The Kier molecular flexibility index (Phi) is 27.4. The summed E-state index contributed by atoms with van der Waals surface area (Å²) in [5, 5.41) is 0. The minimum absolute atomic E-state index is 0.142. The van der Waals surface area contributed by atoms with Crippen LogP contribution >= 0.6 is 0 Å². The lowest BCUT2D eigenvalue weighted by Gasteiger charge is -2.25. The van der Waals surface area contributed by atoms with Crippen LogP contribution in [0, 0.1) is 11.8 Å². The zero-order valence-corrected chi connectivity index (χ0v) is 25.9. The van der Waals surface area contributed by atoms with Gasteiger partial charge in [-0.2, -0.15) is 0 Å². The van der Waals surface area contributed by atoms with Crippen molar-refractivity contribution in [3.05, 3.63) is 11.6 Å². The molecule has 2 atom stereocenters. The van der Waals surface area contributed by atoms with Gasteiger partial charge in [-0.1, -0.05) is 157 Å². The molecule has 216 valence electrons. The number of hydrogen-bond acceptors (Lipinski definition) is 2. The molecule has 0 spiro atoms. The maximum atomic E-state index is 6.43. The molecule has 0 aromatic heterocycles. The normalized spacial score (nSPS) is 14.8. The summed E-state index contributed by atoms with van der Waals surface area (Å²) < 4.78 is 12.9. The van der Waals surface area contributed by atoms with E-state index in [9.17, 15) is 0 Å². The standard InChI is InChI=1S/C34H68O2/c1-7-11-13-15-17-19-20-22-24-26-28-33(27-25-23-21-18-16-14-12-8-2)34(35-29-31(5)9-3)36-30-32(6)10-4/h28,31-32,34H,7-27,29-30H2,1-6H3/b33-28-. The topological polar surface area (TPSA) is 18.5 Å². The number of rotatable bonds is 28. The molecule has 0 amide bonds. The Morgan fingerprint density at radius 2 is 0.917 bits per heavy atom. The molecule has 2 nitrogen and oxygen atoms in total. The van der Waals surface area contributed by atoms with Crippen LogP contribution < -0.4 is 0 Å². The molecule has 0 saturated heterocycles. The predicted molar refractivity (Wildman–Crippen MR) is 162 cm³/mol. The van der Waals surface area contributed by atoms with Gasteiger partial charge in [-0.3, -0.25) is 0 Å². The first kappa shape index (κ1) is 35.7. The van der Waals surface area contributed by atoms with Crippen LogP contribution in [0.4, 0.5) is 0 Å². The van der Waals surface area contributed by atoms with Crippen LogP contribution in [-0.4, -0.2) is 19.5 Å². The minimum Gasteiger partial charge on any atom is -0.348 e. The van der Waals surface area contributed by atoms with Crippen LogP contribution in [0.2, 0.25) is 0 Å². The summed E-state index contributed by atoms with van der Waals surface area (Å²) in [5.41, 5.74) is 1.42. The first-order valence-electron chi connectivity index (χ1n) is 16.5. The van der Waals surface area contributed by atoms with Gasteiger partial charge in [0.15, 0.2) is 6.29 Å². The fraction of sp³-hybridized carbons (Fsp3) is 0.941. The van der Waals surface area contributed by atoms with Crippen LogP contribution in [0.1, 0.15) is 176 Å². The number of unbranched alkanes of at least 4 members (excludes halogenated alkanes) is 16. The van der Waals surface area contributed by atoms with Crippen molar-refractivity contribution in [3.8, 4) is 0 Å². The Balaban J connectivity index is 4.74. The molecule has 0 heterocycles. The van der Waals surface area contributed by atoms with E-state index in [-0.39, 0.29) is 6.29 Å². The highest BCUT2D eigenvalue weighted by Gasteiger charge is 2.18. The number of ether oxygens (including phenoxy) is 2. The van der Waals surface area contributed by atoms with Crippen molar-refractivity contribution in [2.45, 2.75) is 183 Å². The number of allylic oxidation sites excluding steroid dienone is 1. The summed E-state index contributed by atoms with van der Waals surface area (Å²) in [6.07, 6.45) is 30.4. The van der Waals surface area contributed by atoms with Gasteiger partial charge < -0.3 is 9.47 Å². The maximum absolute atomic E-state index is 6.43. The quantitative estimate of drug-likeness (QED) is 0.0594. The Bertz CT molecular complexity index is 444. The predicted octanol–water partition coefficient (Wildman–Crippen LogP) is 11.8. The molecule has 0 aliphatic heterocycles. The fourth-order valence-corrected chi connectivity index (χ4v) is 4.52. The lowest BCUT2D eigenvalue weighted by atomic mass is 10.0. The molecule has 0 bridgehead atoms. The van der Waals surface area contributed by atoms with Crippen molar-refractivity contribution in [3.63, 3.8) is 0 Å². The Hall–Kier alpha value is -0.340. The monoisotopic (exact) mass is 509 g/mol. The highest BCUT2D eigenvalue weighted by molar-refractivity contribution is 5.06. The molecule has 2 unspecified atom stereocenters. The van der Waals surface area contributed by atoms with Crippen molar-refractivity contribution < 1.29 is 9.47 Å². The zero-order valence-electron chi connectivity index (χ0n) is 25.9. The molecule has 0 aromatic carbocycles. The minimum atomic E-state index is -0.142. The van der Waals surface area contributed by atoms with Crippen molar-refractivity contribution in [1.29, 1.82) is 0 Å². The lowest BCUT2D eigenvalue weighted by molar-refractivity contribution is -0.134. The van der Waals surface area contributed by atoms with E-state index in [1.165, 1.54) is 121 Å². The molecular weight excluding hydrogens is 440 g/mol. The van der Waals surface area contributed by atoms with E-state index in [1.54, 1.807) is 0 Å². The van der Waals surface area contributed by atoms with Gasteiger partial charge in [0.1, 0.15) is 0 Å². The molecule has 0 fully saturated rings. The van der Waals surface area contributed by atoms with Gasteiger partial charge >= 0.3 is 0 Å². The summed E-state index contributed by atoms with van der Waals surface area (Å²) in [7, 11) is 0. The molecule has 36 heavy (non-hydrogen) atoms. The highest BCUT2D eigenvalue weighted by atomic mass is 16.7. The molecular formula is C34H68O2. The molecule has 0 aliphatic carbocycles. The van der Waals surface area contributed by atoms with E-state index in [1.807, 2.05) is 0 Å². The smallest absolute Gasteiger partial charge is 0.179 e. The SMILES string of the molecule is CCCCCCCCCCC/C=C(/CCCCCCCCCC)C(OCC(C)CC)OCC(C)CC. The van der Waals surface area contributed by atoms with Gasteiger partial charge in [-0.15, -0.1) is 0 Å². The van der Waals surface area contributed by atoms with E-state index >= 15 is 0 Å². The maximum Gasteiger partial charge on any atom is 0.179 e. The lowest BCUT2D eigenvalue weighted by Crippen LogP contribution is -2.25. The largest absolute Gasteiger partial charge is 0.348 e. The van der Waals surface area contributed by atoms with Gasteiger partial charge in [-0.25, -0.2) is 0 Å². The average Bonchev–Trinajstić information content (AvgIpc) is 2.89. The third kappa shape index (κ3) is 22.8. The number of hydrogen-bond donors (Lipinski definition) is 0. The molecule has 0 aliphatic rings. The van der Waals surface area contributed by atoms with Crippen LogP contribution in [0.5, 0.6) is 0 Å². The Morgan fingerprint density at radius 1 is 0.528 bits per heavy atom. The van der Waals surface area contributed by atoms with E-state index < -0.39 is 0 Å². The summed E-state index contributed by atoms with van der Waals surface area (Å²) in [5.74, 6) is 1.17. The van der Waals surface area contributed by atoms with E-state index in [4.69, 9.17) is 9.47 Å². The van der Waals surface area contributed by atoms with Crippen LogP contribution in [0.15, 0.2) is 11.6 Å². The van der Waals surface area contributed by atoms with Crippen molar-refractivity contribution in [1.82, 2.24) is 0 Å². The Labute approximate surface area is 228 Å². The second-order valence-electron chi connectivity index (χ2n) is 11.6. The third-order valence-corrected chi connectivity index (χ3v) is 7.79. The van der Waals surface area contributed by atoms with E-state index in [2.05, 4.69) is 47.6 Å². The first-order valence-corrected chi connectivity index (χ1v) is 16.5. The summed E-state index contributed by atoms with van der Waals surface area (Å²) >= 11 is 0. The van der Waals surface area contributed by atoms with E-state index in [0.29, 0.717) is 11.8 Å². The molecule has 0 N–H and O–H groups in total. The summed E-state index contributed by atoms with van der Waals surface area (Å²) in [6, 6.07) is 0. The molecule has 0 radical (unpaired) electrons. The average molecular weight is 509 g/mol. The molecule has 2 heteroatoms. The van der Waals surface area contributed by atoms with E-state index in [0.717, 1.165) is 32.5 Å². The van der Waals surface area contributed by atoms with Gasteiger partial charge in [0.05, 0.1) is 13.2 Å². The fourth-order valence-electron chi connectivity index (χ4n) is 4.52. The third-order valence-electron chi connectivity index (χ3n) is 7.79. The van der Waals surface area contributed by atoms with Crippen molar-refractivity contribution in [2.75, 3.05) is 13.2 Å². The van der Waals surface area contributed by atoms with Gasteiger partial charge in [0, 0.05) is 0 Å². The first-order chi connectivity index (χ1) is 17.6. The van der Waals surface area contributed by atoms with Gasteiger partial charge in [0.25, 0.3) is 0 Å². The molecule has 0 rings (SSSR count).